The van der Waals surface area contributed by atoms with Gasteiger partial charge in [-0.2, -0.15) is 0 Å². The molecule has 3 aromatic rings. The van der Waals surface area contributed by atoms with E-state index < -0.39 is 33.2 Å². The molecule has 12 heteroatoms. The molecule has 0 radical (unpaired) electrons. The van der Waals surface area contributed by atoms with Crippen molar-refractivity contribution in [2.24, 2.45) is 5.73 Å². The highest BCUT2D eigenvalue weighted by Gasteiger charge is 2.29. The predicted octanol–water partition coefficient (Wildman–Crippen LogP) is 2.78. The van der Waals surface area contributed by atoms with Crippen molar-refractivity contribution in [1.29, 1.82) is 0 Å². The first kappa shape index (κ1) is 27.1. The smallest absolute Gasteiger partial charge is 0.251 e. The number of anilines is 2. The number of amides is 1. The summed E-state index contributed by atoms with van der Waals surface area (Å²) in [5.74, 6) is -0.812. The van der Waals surface area contributed by atoms with Crippen LogP contribution in [0, 0.1) is 5.82 Å². The van der Waals surface area contributed by atoms with E-state index in [1.165, 1.54) is 12.1 Å². The fraction of sp³-hybridized carbons (Fsp3) is 0.360. The second-order valence-corrected chi connectivity index (χ2v) is 12.8. The maximum absolute atomic E-state index is 14.9. The number of carbonyl (C=O) groups is 1. The molecule has 3 heterocycles. The van der Waals surface area contributed by atoms with Crippen molar-refractivity contribution in [3.05, 3.63) is 65.1 Å². The topological polar surface area (TPSA) is 146 Å². The van der Waals surface area contributed by atoms with Crippen molar-refractivity contribution in [1.82, 2.24) is 9.88 Å². The summed E-state index contributed by atoms with van der Waals surface area (Å²) in [4.78, 5) is 19.1. The molecule has 1 saturated heterocycles. The second-order valence-electron chi connectivity index (χ2n) is 9.43. The number of rotatable bonds is 8. The van der Waals surface area contributed by atoms with Gasteiger partial charge in [-0.05, 0) is 43.7 Å². The Hall–Kier alpha value is -2.90. The molecule has 1 atom stereocenters. The third-order valence-corrected chi connectivity index (χ3v) is 8.98. The van der Waals surface area contributed by atoms with Crippen LogP contribution < -0.4 is 11.1 Å². The van der Waals surface area contributed by atoms with Crippen LogP contribution in [-0.4, -0.2) is 65.6 Å². The quantitative estimate of drug-likeness (QED) is 0.336. The number of nitrogens with two attached hydrogens (primary N) is 1. The van der Waals surface area contributed by atoms with Gasteiger partial charge < -0.3 is 21.3 Å². The fourth-order valence-corrected chi connectivity index (χ4v) is 6.48. The van der Waals surface area contributed by atoms with Gasteiger partial charge >= 0.3 is 0 Å². The molecule has 4 rings (SSSR count). The number of thiophene rings is 1. The second kappa shape index (κ2) is 10.5. The molecular formula is C25H29FN4O5S2. The largest absolute Gasteiger partial charge is 0.394 e. The van der Waals surface area contributed by atoms with Gasteiger partial charge in [-0.15, -0.1) is 11.3 Å². The van der Waals surface area contributed by atoms with Crippen LogP contribution in [0.25, 0.3) is 10.4 Å². The van der Waals surface area contributed by atoms with Crippen molar-refractivity contribution in [2.75, 3.05) is 36.5 Å². The number of pyridine rings is 1. The van der Waals surface area contributed by atoms with Crippen LogP contribution in [-0.2, 0) is 15.4 Å². The van der Waals surface area contributed by atoms with Gasteiger partial charge in [0.25, 0.3) is 5.91 Å². The number of nitrogens with one attached hydrogen (secondary N) is 1. The van der Waals surface area contributed by atoms with Gasteiger partial charge in [0, 0.05) is 23.5 Å². The Bertz CT molecular complexity index is 1400. The van der Waals surface area contributed by atoms with Gasteiger partial charge in [0.2, 0.25) is 0 Å². The molecule has 9 nitrogen and oxygen atoms in total. The molecule has 198 valence electrons. The summed E-state index contributed by atoms with van der Waals surface area (Å²) in [6, 6.07) is 10.6. The predicted molar refractivity (Wildman–Crippen MR) is 141 cm³/mol. The van der Waals surface area contributed by atoms with Crippen LogP contribution in [0.1, 0.15) is 41.5 Å². The number of aromatic nitrogens is 1. The van der Waals surface area contributed by atoms with Gasteiger partial charge in [0.15, 0.2) is 9.84 Å². The Kier molecular flexibility index (Phi) is 7.67. The number of nitrogens with zero attached hydrogens (tertiary/aromatic N) is 2. The summed E-state index contributed by atoms with van der Waals surface area (Å²) < 4.78 is 38.5. The number of hydrogen-bond acceptors (Lipinski definition) is 9. The fourth-order valence-electron chi connectivity index (χ4n) is 4.15. The van der Waals surface area contributed by atoms with Gasteiger partial charge in [0.05, 0.1) is 41.0 Å². The number of aliphatic hydroxyl groups excluding tert-OH is 1. The Morgan fingerprint density at radius 3 is 2.54 bits per heavy atom. The standard InChI is InChI=1S/C25H29FN4O5S2/c1-25(2,33)15-6-7-16(18(26)12-15)21-13-17(23(27)32)24(36-21)29-22-5-3-4-19(28-22)20(14-31)30-8-10-37(34,35)11-9-30/h3-7,12-13,20,31,33H,8-11,14H2,1-2H3,(H2,27,32)(H,28,29). The molecule has 1 fully saturated rings. The van der Waals surface area contributed by atoms with Gasteiger partial charge in [0.1, 0.15) is 16.6 Å². The summed E-state index contributed by atoms with van der Waals surface area (Å²) in [6.45, 7) is 3.48. The van der Waals surface area contributed by atoms with Crippen molar-refractivity contribution < 1.29 is 27.8 Å². The Morgan fingerprint density at radius 1 is 1.24 bits per heavy atom. The molecule has 0 bridgehead atoms. The van der Waals surface area contributed by atoms with E-state index in [-0.39, 0.29) is 29.2 Å². The first-order valence-corrected chi connectivity index (χ1v) is 14.3. The molecule has 2 aromatic heterocycles. The Morgan fingerprint density at radius 2 is 1.95 bits per heavy atom. The zero-order chi connectivity index (χ0) is 27.0. The van der Waals surface area contributed by atoms with Gasteiger partial charge in [-0.1, -0.05) is 18.2 Å². The minimum atomic E-state index is -3.07. The maximum Gasteiger partial charge on any atom is 0.251 e. The third kappa shape index (κ3) is 6.16. The normalized spacial score (nSPS) is 16.9. The summed E-state index contributed by atoms with van der Waals surface area (Å²) in [5, 5.41) is 23.6. The van der Waals surface area contributed by atoms with Crippen LogP contribution in [0.3, 0.4) is 0 Å². The Labute approximate surface area is 218 Å². The minimum absolute atomic E-state index is 0.0225. The highest BCUT2D eigenvalue weighted by molar-refractivity contribution is 7.91. The molecule has 5 N–H and O–H groups in total. The molecule has 1 aliphatic rings. The summed E-state index contributed by atoms with van der Waals surface area (Å²) >= 11 is 1.13. The Balaban J connectivity index is 1.61. The molecule has 1 aliphatic heterocycles. The van der Waals surface area contributed by atoms with E-state index >= 15 is 0 Å². The highest BCUT2D eigenvalue weighted by atomic mass is 32.2. The van der Waals surface area contributed by atoms with E-state index in [0.717, 1.165) is 11.3 Å². The van der Waals surface area contributed by atoms with Crippen LogP contribution >= 0.6 is 11.3 Å². The zero-order valence-electron chi connectivity index (χ0n) is 20.4. The van der Waals surface area contributed by atoms with Crippen LogP contribution in [0.15, 0.2) is 42.5 Å². The number of benzene rings is 1. The number of halogens is 1. The lowest BCUT2D eigenvalue weighted by Gasteiger charge is -2.33. The van der Waals surface area contributed by atoms with Crippen molar-refractivity contribution in [3.8, 4) is 10.4 Å². The van der Waals surface area contributed by atoms with Crippen molar-refractivity contribution >= 4 is 37.9 Å². The van der Waals surface area contributed by atoms with E-state index in [1.54, 1.807) is 44.2 Å². The van der Waals surface area contributed by atoms with Crippen LogP contribution in [0.5, 0.6) is 0 Å². The van der Waals surface area contributed by atoms with E-state index in [1.807, 2.05) is 4.90 Å². The molecule has 1 amide bonds. The molecule has 1 aromatic carbocycles. The lowest BCUT2D eigenvalue weighted by molar-refractivity contribution is 0.0782. The summed E-state index contributed by atoms with van der Waals surface area (Å²) in [5.41, 5.74) is 5.77. The van der Waals surface area contributed by atoms with Gasteiger partial charge in [-0.25, -0.2) is 17.8 Å². The lowest BCUT2D eigenvalue weighted by atomic mass is 9.96. The summed E-state index contributed by atoms with van der Waals surface area (Å²) in [6.07, 6.45) is 0. The number of hydrogen-bond donors (Lipinski definition) is 4. The summed E-state index contributed by atoms with van der Waals surface area (Å²) in [7, 11) is -3.07. The average Bonchev–Trinajstić information content (AvgIpc) is 3.24. The first-order valence-electron chi connectivity index (χ1n) is 11.6. The molecule has 0 aliphatic carbocycles. The van der Waals surface area contributed by atoms with Crippen molar-refractivity contribution in [2.45, 2.75) is 25.5 Å². The number of sulfone groups is 1. The van der Waals surface area contributed by atoms with E-state index in [9.17, 15) is 27.8 Å². The zero-order valence-corrected chi connectivity index (χ0v) is 22.1. The van der Waals surface area contributed by atoms with Crippen LogP contribution in [0.2, 0.25) is 0 Å². The van der Waals surface area contributed by atoms with E-state index in [0.29, 0.717) is 40.0 Å². The molecule has 0 spiro atoms. The number of primary amides is 1. The van der Waals surface area contributed by atoms with E-state index in [4.69, 9.17) is 5.73 Å². The monoisotopic (exact) mass is 548 g/mol. The lowest BCUT2D eigenvalue weighted by Crippen LogP contribution is -2.43. The minimum Gasteiger partial charge on any atom is -0.394 e. The average molecular weight is 549 g/mol. The molecule has 37 heavy (non-hydrogen) atoms. The van der Waals surface area contributed by atoms with Gasteiger partial charge in [-0.3, -0.25) is 9.69 Å². The molecule has 0 saturated carbocycles. The molecular weight excluding hydrogens is 519 g/mol. The van der Waals surface area contributed by atoms with Crippen molar-refractivity contribution in [3.63, 3.8) is 0 Å². The number of aliphatic hydroxyl groups is 2. The van der Waals surface area contributed by atoms with Crippen LogP contribution in [0.4, 0.5) is 15.2 Å². The molecule has 1 unspecified atom stereocenters. The SMILES string of the molecule is CC(C)(O)c1ccc(-c2cc(C(N)=O)c(Nc3cccc(C(CO)N4CCS(=O)(=O)CC4)n3)s2)c(F)c1. The maximum atomic E-state index is 14.9. The third-order valence-electron chi connectivity index (χ3n) is 6.28. The highest BCUT2D eigenvalue weighted by Crippen LogP contribution is 2.39. The number of carbonyl (C=O) groups excluding carboxylic acids is 1. The first-order chi connectivity index (χ1) is 17.4. The van der Waals surface area contributed by atoms with E-state index in [2.05, 4.69) is 10.3 Å².